The third kappa shape index (κ3) is 3.03. The molecular formula is C22H20N6. The minimum atomic E-state index is 0.799. The van der Waals surface area contributed by atoms with Crippen LogP contribution in [-0.2, 0) is 0 Å². The molecule has 2 aliphatic rings. The number of pyridine rings is 2. The van der Waals surface area contributed by atoms with Crippen LogP contribution in [0.25, 0.3) is 0 Å². The van der Waals surface area contributed by atoms with Crippen LogP contribution >= 0.6 is 0 Å². The van der Waals surface area contributed by atoms with Crippen LogP contribution in [0.15, 0.2) is 83.3 Å². The molecule has 4 heterocycles. The molecule has 5 rings (SSSR count). The van der Waals surface area contributed by atoms with Crippen LogP contribution in [0.2, 0.25) is 0 Å². The molecule has 0 radical (unpaired) electrons. The lowest BCUT2D eigenvalue weighted by atomic mass is 10.1. The van der Waals surface area contributed by atoms with Crippen molar-refractivity contribution in [2.75, 3.05) is 36.0 Å². The summed E-state index contributed by atoms with van der Waals surface area (Å²) in [5.41, 5.74) is 4.37. The van der Waals surface area contributed by atoms with E-state index in [1.807, 2.05) is 24.5 Å². The van der Waals surface area contributed by atoms with Gasteiger partial charge in [0.25, 0.3) is 0 Å². The molecule has 0 saturated heterocycles. The van der Waals surface area contributed by atoms with Gasteiger partial charge in [0.1, 0.15) is 11.7 Å². The Labute approximate surface area is 163 Å². The van der Waals surface area contributed by atoms with Crippen LogP contribution in [0, 0.1) is 0 Å². The molecule has 0 aliphatic carbocycles. The summed E-state index contributed by atoms with van der Waals surface area (Å²) in [7, 11) is 0. The van der Waals surface area contributed by atoms with E-state index in [-0.39, 0.29) is 0 Å². The van der Waals surface area contributed by atoms with Crippen molar-refractivity contribution in [3.63, 3.8) is 0 Å². The highest BCUT2D eigenvalue weighted by molar-refractivity contribution is 6.13. The summed E-state index contributed by atoms with van der Waals surface area (Å²) < 4.78 is 0. The van der Waals surface area contributed by atoms with Crippen molar-refractivity contribution in [1.29, 1.82) is 0 Å². The van der Waals surface area contributed by atoms with E-state index in [2.05, 4.69) is 56.2 Å². The molecule has 0 fully saturated rings. The molecule has 2 aliphatic heterocycles. The van der Waals surface area contributed by atoms with E-state index in [9.17, 15) is 0 Å². The van der Waals surface area contributed by atoms with Crippen molar-refractivity contribution >= 4 is 23.0 Å². The van der Waals surface area contributed by atoms with Crippen molar-refractivity contribution in [2.24, 2.45) is 9.98 Å². The van der Waals surface area contributed by atoms with Gasteiger partial charge in [0, 0.05) is 36.6 Å². The zero-order valence-corrected chi connectivity index (χ0v) is 15.4. The SMILES string of the molecule is c1cncc(N2CCN=C2c2ccc(C3=NCCN3c3cccnc3)cc2)c1. The minimum Gasteiger partial charge on any atom is -0.323 e. The average Bonchev–Trinajstić information content (AvgIpc) is 3.45. The number of aliphatic imine (C=N–C) groups is 2. The number of rotatable bonds is 4. The molecule has 0 spiro atoms. The fraction of sp³-hybridized carbons (Fsp3) is 0.182. The molecule has 28 heavy (non-hydrogen) atoms. The van der Waals surface area contributed by atoms with E-state index in [4.69, 9.17) is 9.98 Å². The quantitative estimate of drug-likeness (QED) is 0.710. The van der Waals surface area contributed by atoms with E-state index in [0.29, 0.717) is 0 Å². The number of hydrogen-bond donors (Lipinski definition) is 0. The first-order valence-electron chi connectivity index (χ1n) is 9.45. The van der Waals surface area contributed by atoms with E-state index in [0.717, 1.165) is 60.4 Å². The maximum atomic E-state index is 4.72. The lowest BCUT2D eigenvalue weighted by molar-refractivity contribution is 1.02. The van der Waals surface area contributed by atoms with Crippen molar-refractivity contribution < 1.29 is 0 Å². The molecule has 0 saturated carbocycles. The van der Waals surface area contributed by atoms with E-state index in [1.165, 1.54) is 0 Å². The van der Waals surface area contributed by atoms with Gasteiger partial charge in [-0.05, 0) is 24.3 Å². The van der Waals surface area contributed by atoms with Gasteiger partial charge >= 0.3 is 0 Å². The van der Waals surface area contributed by atoms with Crippen molar-refractivity contribution in [3.8, 4) is 0 Å². The Hall–Kier alpha value is -3.54. The summed E-state index contributed by atoms with van der Waals surface area (Å²) in [4.78, 5) is 22.4. The first-order valence-corrected chi connectivity index (χ1v) is 9.45. The summed E-state index contributed by atoms with van der Waals surface area (Å²) in [6, 6.07) is 16.6. The van der Waals surface area contributed by atoms with Gasteiger partial charge in [-0.1, -0.05) is 24.3 Å². The van der Waals surface area contributed by atoms with Crippen LogP contribution in [0.5, 0.6) is 0 Å². The van der Waals surface area contributed by atoms with Gasteiger partial charge in [0.15, 0.2) is 0 Å². The minimum absolute atomic E-state index is 0.799. The fourth-order valence-electron chi connectivity index (χ4n) is 3.69. The van der Waals surface area contributed by atoms with Gasteiger partial charge in [-0.25, -0.2) is 0 Å². The van der Waals surface area contributed by atoms with Crippen LogP contribution in [-0.4, -0.2) is 47.8 Å². The zero-order chi connectivity index (χ0) is 18.8. The van der Waals surface area contributed by atoms with E-state index in [1.54, 1.807) is 12.4 Å². The molecule has 138 valence electrons. The van der Waals surface area contributed by atoms with Gasteiger partial charge in [0.2, 0.25) is 0 Å². The molecule has 0 bridgehead atoms. The Morgan fingerprint density at radius 2 is 1.07 bits per heavy atom. The average molecular weight is 368 g/mol. The molecule has 3 aromatic rings. The van der Waals surface area contributed by atoms with Crippen molar-refractivity contribution in [1.82, 2.24) is 9.97 Å². The number of nitrogens with zero attached hydrogens (tertiary/aromatic N) is 6. The standard InChI is InChI=1S/C22H20N6/c1-3-19(15-23-9-1)27-13-11-25-21(27)17-5-7-18(8-6-17)22-26-12-14-28(22)20-4-2-10-24-16-20/h1-10,15-16H,11-14H2. The lowest BCUT2D eigenvalue weighted by Crippen LogP contribution is -2.29. The van der Waals surface area contributed by atoms with Crippen LogP contribution in [0.4, 0.5) is 11.4 Å². The third-order valence-electron chi connectivity index (χ3n) is 5.00. The summed E-state index contributed by atoms with van der Waals surface area (Å²) in [6.45, 7) is 3.36. The van der Waals surface area contributed by atoms with Gasteiger partial charge in [0.05, 0.1) is 36.9 Å². The smallest absolute Gasteiger partial charge is 0.135 e. The topological polar surface area (TPSA) is 57.0 Å². The second kappa shape index (κ2) is 7.23. The molecule has 1 aromatic carbocycles. The fourth-order valence-corrected chi connectivity index (χ4v) is 3.69. The Morgan fingerprint density at radius 3 is 1.46 bits per heavy atom. The maximum Gasteiger partial charge on any atom is 0.135 e. The molecular weight excluding hydrogens is 348 g/mol. The predicted molar refractivity (Wildman–Crippen MR) is 112 cm³/mol. The highest BCUT2D eigenvalue weighted by atomic mass is 15.3. The second-order valence-electron chi connectivity index (χ2n) is 6.71. The van der Waals surface area contributed by atoms with E-state index >= 15 is 0 Å². The van der Waals surface area contributed by atoms with Crippen molar-refractivity contribution in [3.05, 3.63) is 84.4 Å². The number of amidine groups is 2. The number of hydrogen-bond acceptors (Lipinski definition) is 6. The Morgan fingerprint density at radius 1 is 0.607 bits per heavy atom. The molecule has 0 N–H and O–H groups in total. The van der Waals surface area contributed by atoms with E-state index < -0.39 is 0 Å². The van der Waals surface area contributed by atoms with Crippen LogP contribution in [0.1, 0.15) is 11.1 Å². The first-order chi connectivity index (χ1) is 13.9. The first kappa shape index (κ1) is 16.6. The summed E-state index contributed by atoms with van der Waals surface area (Å²) in [5, 5.41) is 0. The molecule has 6 heteroatoms. The summed E-state index contributed by atoms with van der Waals surface area (Å²) in [6.07, 6.45) is 7.35. The van der Waals surface area contributed by atoms with Crippen molar-refractivity contribution in [2.45, 2.75) is 0 Å². The zero-order valence-electron chi connectivity index (χ0n) is 15.4. The highest BCUT2D eigenvalue weighted by Gasteiger charge is 2.23. The maximum absolute atomic E-state index is 4.72. The Bertz CT molecular complexity index is 927. The van der Waals surface area contributed by atoms with Gasteiger partial charge < -0.3 is 9.80 Å². The molecule has 0 amide bonds. The third-order valence-corrected chi connectivity index (χ3v) is 5.00. The lowest BCUT2D eigenvalue weighted by Gasteiger charge is -2.22. The molecule has 2 aromatic heterocycles. The monoisotopic (exact) mass is 368 g/mol. The number of anilines is 2. The molecule has 0 unspecified atom stereocenters. The van der Waals surface area contributed by atoms with Crippen LogP contribution < -0.4 is 9.80 Å². The molecule has 0 atom stereocenters. The Kier molecular flexibility index (Phi) is 4.29. The predicted octanol–water partition coefficient (Wildman–Crippen LogP) is 3.01. The van der Waals surface area contributed by atoms with Gasteiger partial charge in [-0.2, -0.15) is 0 Å². The summed E-state index contributed by atoms with van der Waals surface area (Å²) in [5.74, 6) is 1.99. The number of aromatic nitrogens is 2. The summed E-state index contributed by atoms with van der Waals surface area (Å²) >= 11 is 0. The van der Waals surface area contributed by atoms with Gasteiger partial charge in [-0.3, -0.25) is 20.0 Å². The second-order valence-corrected chi connectivity index (χ2v) is 6.71. The highest BCUT2D eigenvalue weighted by Crippen LogP contribution is 2.23. The number of benzene rings is 1. The Balaban J connectivity index is 1.40. The largest absolute Gasteiger partial charge is 0.323 e. The van der Waals surface area contributed by atoms with Gasteiger partial charge in [-0.15, -0.1) is 0 Å². The normalized spacial score (nSPS) is 16.3. The molecule has 6 nitrogen and oxygen atoms in total. The van der Waals surface area contributed by atoms with Crippen LogP contribution in [0.3, 0.4) is 0 Å².